The average molecular weight is 263 g/mol. The van der Waals surface area contributed by atoms with E-state index in [1.165, 1.54) is 51.4 Å². The summed E-state index contributed by atoms with van der Waals surface area (Å²) in [6.45, 7) is 21.3. The van der Waals surface area contributed by atoms with E-state index in [4.69, 9.17) is 0 Å². The Kier molecular flexibility index (Phi) is 116. The van der Waals surface area contributed by atoms with E-state index >= 15 is 0 Å². The number of hydrogen-bond donors (Lipinski definition) is 0. The fourth-order valence-corrected chi connectivity index (χ4v) is 0.500. The number of rotatable bonds is 4. The normalized spacial score (nSPS) is 7.00. The highest BCUT2D eigenvalue weighted by atomic mass is 13.8. The quantitative estimate of drug-likeness (QED) is 0.447. The smallest absolute Gasteiger partial charge is 0.0536 e. The van der Waals surface area contributed by atoms with Gasteiger partial charge in [-0.3, -0.25) is 0 Å². The van der Waals surface area contributed by atoms with Gasteiger partial charge in [0.2, 0.25) is 0 Å². The monoisotopic (exact) mass is 262 g/mol. The lowest BCUT2D eigenvalue weighted by Gasteiger charge is -1.86. The molecule has 0 fully saturated rings. The summed E-state index contributed by atoms with van der Waals surface area (Å²) in [6.07, 6.45) is 10.7. The van der Waals surface area contributed by atoms with Gasteiger partial charge in [-0.25, -0.2) is 0 Å². The fraction of sp³-hybridized carbons (Fsp3) is 1.00. The van der Waals surface area contributed by atoms with Crippen LogP contribution in [0.5, 0.6) is 0 Å². The van der Waals surface area contributed by atoms with Crippen LogP contribution in [-0.4, -0.2) is 0 Å². The first-order chi connectivity index (χ1) is 8.66. The van der Waals surface area contributed by atoms with Crippen molar-refractivity contribution < 1.29 is 0 Å². The Morgan fingerprint density at radius 2 is 0.556 bits per heavy atom. The largest absolute Gasteiger partial charge is 0.0683 e. The lowest BCUT2D eigenvalue weighted by Crippen LogP contribution is -1.66. The van der Waals surface area contributed by atoms with Crippen molar-refractivity contribution in [3.8, 4) is 0 Å². The summed E-state index contributed by atoms with van der Waals surface area (Å²) in [4.78, 5) is 0. The molecule has 0 aliphatic heterocycles. The van der Waals surface area contributed by atoms with Gasteiger partial charge in [-0.15, -0.1) is 0 Å². The van der Waals surface area contributed by atoms with Gasteiger partial charge in [0, 0.05) is 0 Å². The topological polar surface area (TPSA) is 0 Å². The Balaban J connectivity index is -0.0000000416. The van der Waals surface area contributed by atoms with Crippen molar-refractivity contribution in [1.82, 2.24) is 0 Å². The van der Waals surface area contributed by atoms with Crippen LogP contribution in [-0.2, 0) is 0 Å². The maximum absolute atomic E-state index is 2.23. The van der Waals surface area contributed by atoms with Crippen LogP contribution in [0, 0.1) is 0 Å². The van der Waals surface area contributed by atoms with Crippen molar-refractivity contribution in [2.45, 2.75) is 121 Å². The van der Waals surface area contributed by atoms with Gasteiger partial charge >= 0.3 is 0 Å². The van der Waals surface area contributed by atoms with Crippen LogP contribution in [0.4, 0.5) is 0 Å². The van der Waals surface area contributed by atoms with Gasteiger partial charge in [-0.1, -0.05) is 121 Å². The van der Waals surface area contributed by atoms with E-state index < -0.39 is 0 Å². The molecule has 0 atom stereocenters. The molecule has 18 heavy (non-hydrogen) atoms. The van der Waals surface area contributed by atoms with Crippen molar-refractivity contribution in [2.75, 3.05) is 0 Å². The molecule has 0 heteroatoms. The lowest BCUT2D eigenvalue weighted by molar-refractivity contribution is 0.702. The molecule has 0 saturated carbocycles. The summed E-state index contributed by atoms with van der Waals surface area (Å²) in [5.41, 5.74) is 0. The Labute approximate surface area is 121 Å². The van der Waals surface area contributed by atoms with E-state index in [-0.39, 0.29) is 0 Å². The summed E-state index contributed by atoms with van der Waals surface area (Å²) in [6, 6.07) is 0. The van der Waals surface area contributed by atoms with E-state index in [9.17, 15) is 0 Å². The molecule has 0 heterocycles. The predicted molar refractivity (Wildman–Crippen MR) is 93.7 cm³/mol. The van der Waals surface area contributed by atoms with Crippen molar-refractivity contribution in [3.05, 3.63) is 0 Å². The van der Waals surface area contributed by atoms with Crippen LogP contribution in [0.15, 0.2) is 0 Å². The standard InChI is InChI=1S/C6H14.C4H10.2C3H8.C2H6/c1-3-5-6-4-2;1-3-4-2;2*1-3-2;1-2/h3-6H2,1-2H3;3-4H2,1-2H3;2*3H2,1-2H3;1-2H3. The summed E-state index contributed by atoms with van der Waals surface area (Å²) in [5.74, 6) is 0. The summed E-state index contributed by atoms with van der Waals surface area (Å²) >= 11 is 0. The van der Waals surface area contributed by atoms with E-state index in [0.717, 1.165) is 0 Å². The summed E-state index contributed by atoms with van der Waals surface area (Å²) < 4.78 is 0. The van der Waals surface area contributed by atoms with Crippen molar-refractivity contribution in [2.24, 2.45) is 0 Å². The number of unbranched alkanes of at least 4 members (excludes halogenated alkanes) is 4. The molecule has 118 valence electrons. The zero-order valence-electron chi connectivity index (χ0n) is 15.7. The highest BCUT2D eigenvalue weighted by Crippen LogP contribution is 1.95. The predicted octanol–water partition coefficient (Wildman–Crippen LogP) is 8.25. The molecule has 0 N–H and O–H groups in total. The molecular weight excluding hydrogens is 216 g/mol. The lowest BCUT2D eigenvalue weighted by atomic mass is 10.2. The van der Waals surface area contributed by atoms with Gasteiger partial charge in [0.1, 0.15) is 0 Å². The molecule has 0 aromatic rings. The molecule has 0 saturated heterocycles. The minimum atomic E-state index is 1.25. The van der Waals surface area contributed by atoms with Crippen molar-refractivity contribution >= 4 is 0 Å². The minimum Gasteiger partial charge on any atom is -0.0683 e. The maximum atomic E-state index is 2.23. The highest BCUT2D eigenvalue weighted by molar-refractivity contribution is 4.31. The zero-order chi connectivity index (χ0) is 15.7. The third-order valence-corrected chi connectivity index (χ3v) is 1.46. The van der Waals surface area contributed by atoms with Crippen molar-refractivity contribution in [1.29, 1.82) is 0 Å². The maximum Gasteiger partial charge on any atom is -0.0536 e. The minimum absolute atomic E-state index is 1.25. The Morgan fingerprint density at radius 1 is 0.389 bits per heavy atom. The molecule has 0 aliphatic carbocycles. The third-order valence-electron chi connectivity index (χ3n) is 1.46. The fourth-order valence-electron chi connectivity index (χ4n) is 0.500. The van der Waals surface area contributed by atoms with E-state index in [1.807, 2.05) is 13.8 Å². The van der Waals surface area contributed by atoms with E-state index in [0.29, 0.717) is 0 Å². The molecule has 0 aliphatic rings. The van der Waals surface area contributed by atoms with Gasteiger partial charge < -0.3 is 0 Å². The second kappa shape index (κ2) is 68.0. The molecule has 0 radical (unpaired) electrons. The molecule has 0 spiro atoms. The molecular formula is C18H46. The number of hydrogen-bond acceptors (Lipinski definition) is 0. The Bertz CT molecular complexity index is 40.0. The van der Waals surface area contributed by atoms with Crippen LogP contribution in [0.1, 0.15) is 121 Å². The molecule has 0 aromatic heterocycles. The average Bonchev–Trinajstić information content (AvgIpc) is 2.41. The van der Waals surface area contributed by atoms with Gasteiger partial charge in [0.05, 0.1) is 0 Å². The van der Waals surface area contributed by atoms with Crippen LogP contribution < -0.4 is 0 Å². The first kappa shape index (κ1) is 30.8. The zero-order valence-corrected chi connectivity index (χ0v) is 15.7. The Morgan fingerprint density at radius 3 is 0.611 bits per heavy atom. The van der Waals surface area contributed by atoms with Gasteiger partial charge in [0.15, 0.2) is 0 Å². The van der Waals surface area contributed by atoms with Gasteiger partial charge in [-0.2, -0.15) is 0 Å². The molecule has 0 rings (SSSR count). The van der Waals surface area contributed by atoms with Gasteiger partial charge in [-0.05, 0) is 0 Å². The van der Waals surface area contributed by atoms with E-state index in [2.05, 4.69) is 55.4 Å². The van der Waals surface area contributed by atoms with Gasteiger partial charge in [0.25, 0.3) is 0 Å². The van der Waals surface area contributed by atoms with Crippen LogP contribution in [0.25, 0.3) is 0 Å². The highest BCUT2D eigenvalue weighted by Gasteiger charge is 1.75. The third kappa shape index (κ3) is 225. The second-order valence-electron chi connectivity index (χ2n) is 4.12. The van der Waals surface area contributed by atoms with E-state index in [1.54, 1.807) is 0 Å². The molecule has 0 amide bonds. The first-order valence-electron chi connectivity index (χ1n) is 8.66. The van der Waals surface area contributed by atoms with Crippen LogP contribution in [0.2, 0.25) is 0 Å². The molecule has 0 bridgehead atoms. The summed E-state index contributed by atoms with van der Waals surface area (Å²) in [5, 5.41) is 0. The van der Waals surface area contributed by atoms with Crippen molar-refractivity contribution in [3.63, 3.8) is 0 Å². The second-order valence-corrected chi connectivity index (χ2v) is 4.12. The first-order valence-corrected chi connectivity index (χ1v) is 8.66. The Hall–Kier alpha value is 0. The van der Waals surface area contributed by atoms with Crippen LogP contribution >= 0.6 is 0 Å². The molecule has 0 unspecified atom stereocenters. The van der Waals surface area contributed by atoms with Crippen LogP contribution in [0.3, 0.4) is 0 Å². The molecule has 0 aromatic carbocycles. The summed E-state index contributed by atoms with van der Waals surface area (Å²) in [7, 11) is 0. The molecule has 0 nitrogen and oxygen atoms in total. The SMILES string of the molecule is CC.CCC.CCC.CCCC.CCCCCC.